The normalized spacial score (nSPS) is 30.1. The van der Waals surface area contributed by atoms with Gasteiger partial charge in [0, 0.05) is 30.7 Å². The number of pyridine rings is 1. The first-order chi connectivity index (χ1) is 14.6. The molecule has 2 saturated heterocycles. The lowest BCUT2D eigenvalue weighted by Gasteiger charge is -2.23. The second-order valence-corrected chi connectivity index (χ2v) is 7.94. The largest absolute Gasteiger partial charge is 0.454 e. The van der Waals surface area contributed by atoms with Crippen molar-refractivity contribution >= 4 is 17.5 Å². The number of amides is 2. The van der Waals surface area contributed by atoms with E-state index in [-0.39, 0.29) is 24.7 Å². The molecule has 30 heavy (non-hydrogen) atoms. The Morgan fingerprint density at radius 2 is 2.03 bits per heavy atom. The maximum Gasteiger partial charge on any atom is 0.234 e. The van der Waals surface area contributed by atoms with Gasteiger partial charge in [-0.05, 0) is 29.8 Å². The Labute approximate surface area is 172 Å². The lowest BCUT2D eigenvalue weighted by molar-refractivity contribution is -0.132. The summed E-state index contributed by atoms with van der Waals surface area (Å²) in [6.07, 6.45) is 6.84. The predicted octanol–water partition coefficient (Wildman–Crippen LogP) is 1.41. The minimum absolute atomic E-state index is 0.107. The van der Waals surface area contributed by atoms with Gasteiger partial charge in [-0.1, -0.05) is 12.2 Å². The highest BCUT2D eigenvalue weighted by molar-refractivity contribution is 6.03. The van der Waals surface area contributed by atoms with Crippen molar-refractivity contribution in [3.05, 3.63) is 60.4 Å². The summed E-state index contributed by atoms with van der Waals surface area (Å²) < 4.78 is 17.0. The summed E-state index contributed by atoms with van der Waals surface area (Å²) in [5.41, 5.74) is 0.897. The molecule has 0 unspecified atom stereocenters. The van der Waals surface area contributed by atoms with Crippen molar-refractivity contribution in [1.29, 1.82) is 0 Å². The van der Waals surface area contributed by atoms with E-state index in [1.54, 1.807) is 29.4 Å². The molecule has 1 spiro atoms. The van der Waals surface area contributed by atoms with Gasteiger partial charge in [-0.25, -0.2) is 0 Å². The minimum Gasteiger partial charge on any atom is -0.454 e. The maximum atomic E-state index is 13.4. The highest BCUT2D eigenvalue weighted by Gasteiger charge is 2.67. The van der Waals surface area contributed by atoms with Gasteiger partial charge in [0.2, 0.25) is 18.6 Å². The van der Waals surface area contributed by atoms with E-state index in [0.29, 0.717) is 30.3 Å². The van der Waals surface area contributed by atoms with Crippen molar-refractivity contribution in [3.8, 4) is 11.5 Å². The molecule has 1 aromatic heterocycles. The molecule has 2 fully saturated rings. The van der Waals surface area contributed by atoms with Gasteiger partial charge in [0.15, 0.2) is 11.5 Å². The third kappa shape index (κ3) is 2.46. The van der Waals surface area contributed by atoms with E-state index >= 15 is 0 Å². The first-order valence-electron chi connectivity index (χ1n) is 9.89. The number of fused-ring (bicyclic) bond motifs is 2. The topological polar surface area (TPSA) is 90.0 Å². The Morgan fingerprint density at radius 3 is 2.90 bits per heavy atom. The molecule has 2 amide bonds. The first-order valence-corrected chi connectivity index (χ1v) is 9.89. The Hall–Kier alpha value is -3.39. The molecule has 5 heterocycles. The van der Waals surface area contributed by atoms with Crippen LogP contribution in [0.4, 0.5) is 5.69 Å². The zero-order valence-electron chi connectivity index (χ0n) is 16.0. The number of ether oxygens (including phenoxy) is 3. The fourth-order valence-electron chi connectivity index (χ4n) is 4.88. The third-order valence-corrected chi connectivity index (χ3v) is 6.29. The fraction of sp³-hybridized carbons (Fsp3) is 0.318. The molecule has 4 aliphatic rings. The number of carbonyl (C=O) groups is 2. The highest BCUT2D eigenvalue weighted by atomic mass is 16.7. The van der Waals surface area contributed by atoms with E-state index < -0.39 is 17.4 Å². The van der Waals surface area contributed by atoms with Crippen LogP contribution in [0, 0.1) is 11.8 Å². The SMILES string of the molecule is O=C(NCc1ccncc1)[C@@H]1[C@H]2C=C[C@@]3(CN(c4ccc5c(c4)OCO5)C(=O)[C@@H]13)O2. The van der Waals surface area contributed by atoms with Gasteiger partial charge < -0.3 is 24.4 Å². The smallest absolute Gasteiger partial charge is 0.234 e. The lowest BCUT2D eigenvalue weighted by Crippen LogP contribution is -2.43. The van der Waals surface area contributed by atoms with E-state index in [2.05, 4.69) is 10.3 Å². The van der Waals surface area contributed by atoms with Crippen LogP contribution in [0.25, 0.3) is 0 Å². The van der Waals surface area contributed by atoms with Crippen molar-refractivity contribution in [2.75, 3.05) is 18.2 Å². The van der Waals surface area contributed by atoms with Crippen LogP contribution in [-0.4, -0.2) is 41.8 Å². The van der Waals surface area contributed by atoms with E-state index in [1.807, 2.05) is 30.4 Å². The summed E-state index contributed by atoms with van der Waals surface area (Å²) in [6.45, 7) is 0.928. The second-order valence-electron chi connectivity index (χ2n) is 7.94. The first kappa shape index (κ1) is 17.5. The number of benzene rings is 1. The molecule has 4 aliphatic heterocycles. The molecule has 2 bridgehead atoms. The number of carbonyl (C=O) groups excluding carboxylic acids is 2. The minimum atomic E-state index is -0.767. The average molecular weight is 405 g/mol. The molecule has 152 valence electrons. The van der Waals surface area contributed by atoms with Gasteiger partial charge in [-0.3, -0.25) is 14.6 Å². The van der Waals surface area contributed by atoms with Gasteiger partial charge in [0.1, 0.15) is 5.60 Å². The molecule has 2 aromatic rings. The Kier molecular flexibility index (Phi) is 3.67. The van der Waals surface area contributed by atoms with E-state index in [1.165, 1.54) is 0 Å². The van der Waals surface area contributed by atoms with Crippen molar-refractivity contribution in [3.63, 3.8) is 0 Å². The summed E-state index contributed by atoms with van der Waals surface area (Å²) in [5.74, 6) is -0.103. The van der Waals surface area contributed by atoms with E-state index in [0.717, 1.165) is 5.56 Å². The molecule has 1 N–H and O–H groups in total. The average Bonchev–Trinajstić information content (AvgIpc) is 3.53. The quantitative estimate of drug-likeness (QED) is 0.774. The Morgan fingerprint density at radius 1 is 1.20 bits per heavy atom. The number of nitrogens with zero attached hydrogens (tertiary/aromatic N) is 2. The molecule has 1 aromatic carbocycles. The monoisotopic (exact) mass is 405 g/mol. The molecule has 0 saturated carbocycles. The number of aromatic nitrogens is 1. The van der Waals surface area contributed by atoms with Crippen molar-refractivity contribution in [1.82, 2.24) is 10.3 Å². The van der Waals surface area contributed by atoms with Gasteiger partial charge >= 0.3 is 0 Å². The predicted molar refractivity (Wildman–Crippen MR) is 105 cm³/mol. The molecule has 8 heteroatoms. The number of nitrogens with one attached hydrogen (secondary N) is 1. The summed E-state index contributed by atoms with van der Waals surface area (Å²) in [5, 5.41) is 2.96. The van der Waals surface area contributed by atoms with Crippen LogP contribution in [0.15, 0.2) is 54.9 Å². The summed E-state index contributed by atoms with van der Waals surface area (Å²) in [7, 11) is 0. The van der Waals surface area contributed by atoms with Crippen LogP contribution in [0.3, 0.4) is 0 Å². The van der Waals surface area contributed by atoms with E-state index in [9.17, 15) is 9.59 Å². The molecule has 0 radical (unpaired) electrons. The fourth-order valence-corrected chi connectivity index (χ4v) is 4.88. The number of hydrogen-bond acceptors (Lipinski definition) is 6. The summed E-state index contributed by atoms with van der Waals surface area (Å²) >= 11 is 0. The highest BCUT2D eigenvalue weighted by Crippen LogP contribution is 2.53. The number of rotatable bonds is 4. The van der Waals surface area contributed by atoms with Crippen molar-refractivity contribution in [2.45, 2.75) is 18.2 Å². The van der Waals surface area contributed by atoms with Gasteiger partial charge in [0.25, 0.3) is 0 Å². The molecular formula is C22H19N3O5. The van der Waals surface area contributed by atoms with Crippen LogP contribution >= 0.6 is 0 Å². The zero-order valence-corrected chi connectivity index (χ0v) is 16.0. The van der Waals surface area contributed by atoms with E-state index in [4.69, 9.17) is 14.2 Å². The van der Waals surface area contributed by atoms with Crippen LogP contribution in [0.2, 0.25) is 0 Å². The zero-order chi connectivity index (χ0) is 20.3. The molecule has 6 rings (SSSR count). The standard InChI is InChI=1S/C22H19N3O5/c26-20(24-10-13-4-7-23-8-5-13)18-16-3-6-22(30-16)11-25(21(27)19(18)22)14-1-2-15-17(9-14)29-12-28-15/h1-9,16,18-19H,10-12H2,(H,24,26)/t16-,18-,19-,22+/m1/s1. The molecular weight excluding hydrogens is 386 g/mol. The lowest BCUT2D eigenvalue weighted by atomic mass is 9.77. The van der Waals surface area contributed by atoms with Crippen LogP contribution in [-0.2, 0) is 20.9 Å². The third-order valence-electron chi connectivity index (χ3n) is 6.29. The molecule has 0 aliphatic carbocycles. The second kappa shape index (κ2) is 6.30. The maximum absolute atomic E-state index is 13.4. The number of anilines is 1. The van der Waals surface area contributed by atoms with Crippen molar-refractivity contribution < 1.29 is 23.8 Å². The van der Waals surface area contributed by atoms with Gasteiger partial charge in [-0.2, -0.15) is 0 Å². The Bertz CT molecular complexity index is 1070. The van der Waals surface area contributed by atoms with Gasteiger partial charge in [0.05, 0.1) is 24.5 Å². The van der Waals surface area contributed by atoms with Crippen LogP contribution in [0.5, 0.6) is 11.5 Å². The van der Waals surface area contributed by atoms with Crippen LogP contribution < -0.4 is 19.7 Å². The molecule has 4 atom stereocenters. The Balaban J connectivity index is 1.25. The number of hydrogen-bond donors (Lipinski definition) is 1. The van der Waals surface area contributed by atoms with Gasteiger partial charge in [-0.15, -0.1) is 0 Å². The van der Waals surface area contributed by atoms with Crippen molar-refractivity contribution in [2.24, 2.45) is 11.8 Å². The summed E-state index contributed by atoms with van der Waals surface area (Å²) in [6, 6.07) is 9.12. The van der Waals surface area contributed by atoms with Crippen LogP contribution in [0.1, 0.15) is 5.56 Å². The summed E-state index contributed by atoms with van der Waals surface area (Å²) in [4.78, 5) is 32.1. The molecule has 8 nitrogen and oxygen atoms in total.